The van der Waals surface area contributed by atoms with Gasteiger partial charge in [-0.05, 0) is 31.0 Å². The lowest BCUT2D eigenvalue weighted by molar-refractivity contribution is 0.0723. The molecule has 0 fully saturated rings. The molecule has 94 valence electrons. The van der Waals surface area contributed by atoms with E-state index in [0.29, 0.717) is 24.3 Å². The Kier molecular flexibility index (Phi) is 4.97. The number of nitrogens with two attached hydrogens (primary N) is 1. The minimum atomic E-state index is -0.113. The molecule has 0 atom stereocenters. The van der Waals surface area contributed by atoms with Crippen molar-refractivity contribution in [3.63, 3.8) is 0 Å². The number of aryl methyl sites for hydroxylation is 1. The first kappa shape index (κ1) is 13.5. The van der Waals surface area contributed by atoms with Crippen molar-refractivity contribution in [3.8, 4) is 0 Å². The van der Waals surface area contributed by atoms with E-state index in [1.165, 1.54) is 0 Å². The minimum Gasteiger partial charge on any atom is -0.398 e. The fourth-order valence-electron chi connectivity index (χ4n) is 1.75. The lowest BCUT2D eigenvalue weighted by Gasteiger charge is -2.21. The van der Waals surface area contributed by atoms with Crippen LogP contribution in [-0.2, 0) is 0 Å². The average Bonchev–Trinajstić information content (AvgIpc) is 2.28. The molecule has 0 saturated carbocycles. The van der Waals surface area contributed by atoms with Crippen LogP contribution in [0.2, 0.25) is 0 Å². The zero-order valence-corrected chi connectivity index (χ0v) is 10.4. The molecule has 0 aliphatic rings. The molecule has 0 aliphatic heterocycles. The summed E-state index contributed by atoms with van der Waals surface area (Å²) in [5.41, 5.74) is 7.88. The smallest absolute Gasteiger partial charge is 0.256 e. The van der Waals surface area contributed by atoms with E-state index in [4.69, 9.17) is 10.8 Å². The standard InChI is InChI=1S/C13H20N2O2/c1-3-6-15(7-8-16)13(17)11-5-4-10(2)9-12(11)14/h4-5,9,16H,3,6-8,14H2,1-2H3. The normalized spacial score (nSPS) is 10.3. The van der Waals surface area contributed by atoms with Crippen LogP contribution in [0.3, 0.4) is 0 Å². The number of carbonyl (C=O) groups excluding carboxylic acids is 1. The number of benzene rings is 1. The van der Waals surface area contributed by atoms with Crippen LogP contribution in [-0.4, -0.2) is 35.6 Å². The quantitative estimate of drug-likeness (QED) is 0.760. The van der Waals surface area contributed by atoms with E-state index in [1.54, 1.807) is 17.0 Å². The van der Waals surface area contributed by atoms with Gasteiger partial charge in [0.05, 0.1) is 12.2 Å². The molecule has 0 radical (unpaired) electrons. The average molecular weight is 236 g/mol. The highest BCUT2D eigenvalue weighted by Crippen LogP contribution is 2.16. The summed E-state index contributed by atoms with van der Waals surface area (Å²) in [5.74, 6) is -0.113. The van der Waals surface area contributed by atoms with Gasteiger partial charge >= 0.3 is 0 Å². The zero-order valence-electron chi connectivity index (χ0n) is 10.4. The maximum absolute atomic E-state index is 12.2. The molecule has 1 amide bonds. The van der Waals surface area contributed by atoms with Gasteiger partial charge in [0.1, 0.15) is 0 Å². The van der Waals surface area contributed by atoms with Gasteiger partial charge in [-0.1, -0.05) is 13.0 Å². The number of nitrogens with zero attached hydrogens (tertiary/aromatic N) is 1. The number of hydrogen-bond acceptors (Lipinski definition) is 3. The molecule has 3 N–H and O–H groups in total. The minimum absolute atomic E-state index is 0.0303. The number of aliphatic hydroxyl groups excluding tert-OH is 1. The van der Waals surface area contributed by atoms with Gasteiger partial charge < -0.3 is 15.7 Å². The summed E-state index contributed by atoms with van der Waals surface area (Å²) in [6, 6.07) is 5.40. The van der Waals surface area contributed by atoms with E-state index in [2.05, 4.69) is 0 Å². The summed E-state index contributed by atoms with van der Waals surface area (Å²) >= 11 is 0. The van der Waals surface area contributed by atoms with Gasteiger partial charge in [0.25, 0.3) is 5.91 Å². The highest BCUT2D eigenvalue weighted by atomic mass is 16.3. The van der Waals surface area contributed by atoms with Crippen molar-refractivity contribution in [3.05, 3.63) is 29.3 Å². The van der Waals surface area contributed by atoms with Crippen molar-refractivity contribution in [2.75, 3.05) is 25.4 Å². The van der Waals surface area contributed by atoms with E-state index in [9.17, 15) is 4.79 Å². The lowest BCUT2D eigenvalue weighted by atomic mass is 10.1. The molecule has 1 aromatic rings. The molecular weight excluding hydrogens is 216 g/mol. The molecule has 0 unspecified atom stereocenters. The zero-order chi connectivity index (χ0) is 12.8. The first-order valence-corrected chi connectivity index (χ1v) is 5.86. The summed E-state index contributed by atoms with van der Waals surface area (Å²) in [5, 5.41) is 8.95. The second-order valence-electron chi connectivity index (χ2n) is 4.11. The number of rotatable bonds is 5. The summed E-state index contributed by atoms with van der Waals surface area (Å²) in [6.07, 6.45) is 0.859. The summed E-state index contributed by atoms with van der Waals surface area (Å²) in [6.45, 7) is 4.88. The van der Waals surface area contributed by atoms with Crippen LogP contribution >= 0.6 is 0 Å². The Bertz CT molecular complexity index is 385. The molecule has 1 aromatic carbocycles. The monoisotopic (exact) mass is 236 g/mol. The molecule has 0 bridgehead atoms. The van der Waals surface area contributed by atoms with Crippen molar-refractivity contribution in [1.82, 2.24) is 4.90 Å². The SMILES string of the molecule is CCCN(CCO)C(=O)c1ccc(C)cc1N. The lowest BCUT2D eigenvalue weighted by Crippen LogP contribution is -2.34. The number of amides is 1. The molecule has 0 spiro atoms. The molecule has 0 aromatic heterocycles. The molecule has 4 nitrogen and oxygen atoms in total. The largest absolute Gasteiger partial charge is 0.398 e. The van der Waals surface area contributed by atoms with E-state index >= 15 is 0 Å². The highest BCUT2D eigenvalue weighted by molar-refractivity contribution is 5.99. The second-order valence-corrected chi connectivity index (χ2v) is 4.11. The van der Waals surface area contributed by atoms with Crippen LogP contribution in [0.1, 0.15) is 29.3 Å². The number of nitrogen functional groups attached to an aromatic ring is 1. The number of anilines is 1. The number of hydrogen-bond donors (Lipinski definition) is 2. The Morgan fingerprint density at radius 2 is 2.12 bits per heavy atom. The Morgan fingerprint density at radius 3 is 2.65 bits per heavy atom. The third kappa shape index (κ3) is 3.46. The molecule has 17 heavy (non-hydrogen) atoms. The molecule has 1 rings (SSSR count). The Balaban J connectivity index is 2.92. The van der Waals surface area contributed by atoms with E-state index in [0.717, 1.165) is 12.0 Å². The van der Waals surface area contributed by atoms with Crippen LogP contribution in [0.4, 0.5) is 5.69 Å². The molecule has 4 heteroatoms. The predicted octanol–water partition coefficient (Wildman–Crippen LogP) is 1.42. The van der Waals surface area contributed by atoms with Crippen LogP contribution < -0.4 is 5.73 Å². The number of aliphatic hydroxyl groups is 1. The van der Waals surface area contributed by atoms with Crippen molar-refractivity contribution < 1.29 is 9.90 Å². The van der Waals surface area contributed by atoms with Gasteiger partial charge in [0, 0.05) is 18.8 Å². The van der Waals surface area contributed by atoms with Crippen molar-refractivity contribution in [2.24, 2.45) is 0 Å². The maximum Gasteiger partial charge on any atom is 0.256 e. The fourth-order valence-corrected chi connectivity index (χ4v) is 1.75. The molecule has 0 aliphatic carbocycles. The van der Waals surface area contributed by atoms with Crippen molar-refractivity contribution >= 4 is 11.6 Å². The Labute approximate surface area is 102 Å². The van der Waals surface area contributed by atoms with Crippen LogP contribution in [0.5, 0.6) is 0 Å². The van der Waals surface area contributed by atoms with Gasteiger partial charge in [0.2, 0.25) is 0 Å². The Morgan fingerprint density at radius 1 is 1.41 bits per heavy atom. The fraction of sp³-hybridized carbons (Fsp3) is 0.462. The summed E-state index contributed by atoms with van der Waals surface area (Å²) in [7, 11) is 0. The third-order valence-corrected chi connectivity index (χ3v) is 2.59. The summed E-state index contributed by atoms with van der Waals surface area (Å²) < 4.78 is 0. The molecule has 0 heterocycles. The van der Waals surface area contributed by atoms with Gasteiger partial charge in [-0.15, -0.1) is 0 Å². The first-order valence-electron chi connectivity index (χ1n) is 5.86. The Hall–Kier alpha value is -1.55. The van der Waals surface area contributed by atoms with Crippen LogP contribution in [0, 0.1) is 6.92 Å². The van der Waals surface area contributed by atoms with E-state index in [-0.39, 0.29) is 12.5 Å². The van der Waals surface area contributed by atoms with Crippen molar-refractivity contribution in [2.45, 2.75) is 20.3 Å². The van der Waals surface area contributed by atoms with Gasteiger partial charge in [-0.2, -0.15) is 0 Å². The molecular formula is C13H20N2O2. The highest BCUT2D eigenvalue weighted by Gasteiger charge is 2.16. The maximum atomic E-state index is 12.2. The van der Waals surface area contributed by atoms with Crippen LogP contribution in [0.15, 0.2) is 18.2 Å². The van der Waals surface area contributed by atoms with Crippen molar-refractivity contribution in [1.29, 1.82) is 0 Å². The molecule has 0 saturated heterocycles. The number of carbonyl (C=O) groups is 1. The van der Waals surface area contributed by atoms with E-state index < -0.39 is 0 Å². The van der Waals surface area contributed by atoms with Gasteiger partial charge in [-0.3, -0.25) is 4.79 Å². The van der Waals surface area contributed by atoms with E-state index in [1.807, 2.05) is 19.9 Å². The van der Waals surface area contributed by atoms with Crippen LogP contribution in [0.25, 0.3) is 0 Å². The second kappa shape index (κ2) is 6.25. The predicted molar refractivity (Wildman–Crippen MR) is 68.9 cm³/mol. The first-order chi connectivity index (χ1) is 8.10. The van der Waals surface area contributed by atoms with Gasteiger partial charge in [0.15, 0.2) is 0 Å². The van der Waals surface area contributed by atoms with Gasteiger partial charge in [-0.25, -0.2) is 0 Å². The third-order valence-electron chi connectivity index (χ3n) is 2.59. The topological polar surface area (TPSA) is 66.6 Å². The summed E-state index contributed by atoms with van der Waals surface area (Å²) in [4.78, 5) is 13.8.